The molecule has 2 aromatic heterocycles. The van der Waals surface area contributed by atoms with Gasteiger partial charge in [-0.15, -0.1) is 21.5 Å². The van der Waals surface area contributed by atoms with Gasteiger partial charge in [-0.25, -0.2) is 4.98 Å². The maximum absolute atomic E-state index is 5.94. The lowest BCUT2D eigenvalue weighted by Gasteiger charge is -2.11. The van der Waals surface area contributed by atoms with Crippen molar-refractivity contribution in [1.82, 2.24) is 15.2 Å². The minimum absolute atomic E-state index is 0.293. The lowest BCUT2D eigenvalue weighted by Crippen LogP contribution is -2.10. The molecule has 0 bridgehead atoms. The predicted molar refractivity (Wildman–Crippen MR) is 97.0 cm³/mol. The van der Waals surface area contributed by atoms with Crippen LogP contribution in [-0.2, 0) is 11.4 Å². The molecule has 0 aliphatic carbocycles. The summed E-state index contributed by atoms with van der Waals surface area (Å²) in [5, 5.41) is 11.6. The van der Waals surface area contributed by atoms with Gasteiger partial charge in [0.05, 0.1) is 21.9 Å². The minimum atomic E-state index is -0.654. The minimum Gasteiger partial charge on any atom is -0.475 e. The number of oxime groups is 1. The Labute approximate surface area is 152 Å². The molecule has 1 unspecified atom stereocenters. The van der Waals surface area contributed by atoms with Crippen LogP contribution in [0.4, 0.5) is 0 Å². The molecule has 0 saturated heterocycles. The zero-order valence-corrected chi connectivity index (χ0v) is 14.4. The summed E-state index contributed by atoms with van der Waals surface area (Å²) in [6, 6.07) is 15.4. The van der Waals surface area contributed by atoms with Crippen molar-refractivity contribution in [2.24, 2.45) is 5.16 Å². The van der Waals surface area contributed by atoms with Crippen molar-refractivity contribution in [2.75, 3.05) is 0 Å². The van der Waals surface area contributed by atoms with Crippen LogP contribution in [0.1, 0.15) is 17.6 Å². The van der Waals surface area contributed by atoms with Crippen LogP contribution in [0.3, 0.4) is 0 Å². The second-order valence-electron chi connectivity index (χ2n) is 5.31. The average molecular weight is 366 g/mol. The molecule has 0 aliphatic rings. The van der Waals surface area contributed by atoms with Gasteiger partial charge in [-0.2, -0.15) is 0 Å². The predicted octanol–water partition coefficient (Wildman–Crippen LogP) is 4.00. The van der Waals surface area contributed by atoms with Crippen molar-refractivity contribution in [3.63, 3.8) is 0 Å². The Morgan fingerprint density at radius 2 is 2.12 bits per heavy atom. The zero-order valence-electron chi connectivity index (χ0n) is 13.6. The normalized spacial score (nSPS) is 12.5. The third-order valence-electron chi connectivity index (χ3n) is 3.53. The van der Waals surface area contributed by atoms with Crippen LogP contribution in [0.2, 0.25) is 0 Å². The summed E-state index contributed by atoms with van der Waals surface area (Å²) in [6.07, 6.45) is 2.09. The number of thiazole rings is 1. The van der Waals surface area contributed by atoms with Crippen molar-refractivity contribution in [3.05, 3.63) is 71.9 Å². The summed E-state index contributed by atoms with van der Waals surface area (Å²) in [5.41, 5.74) is 3.75. The molecular weight excluding hydrogens is 352 g/mol. The second kappa shape index (κ2) is 7.75. The van der Waals surface area contributed by atoms with E-state index in [1.165, 1.54) is 12.6 Å². The summed E-state index contributed by atoms with van der Waals surface area (Å²) in [7, 11) is 0. The van der Waals surface area contributed by atoms with Crippen LogP contribution in [0.15, 0.2) is 70.0 Å². The largest absolute Gasteiger partial charge is 0.475 e. The summed E-state index contributed by atoms with van der Waals surface area (Å²) >= 11 is 1.54. The molecule has 0 fully saturated rings. The topological polar surface area (TPSA) is 82.6 Å². The summed E-state index contributed by atoms with van der Waals surface area (Å²) in [6.45, 7) is 0.362. The molecule has 4 aromatic rings. The monoisotopic (exact) mass is 366 g/mol. The molecule has 0 saturated carbocycles. The number of hydrogen-bond acceptors (Lipinski definition) is 8. The lowest BCUT2D eigenvalue weighted by molar-refractivity contribution is 0.127. The Balaban J connectivity index is 1.46. The Morgan fingerprint density at radius 3 is 2.96 bits per heavy atom. The van der Waals surface area contributed by atoms with Gasteiger partial charge in [0.2, 0.25) is 12.5 Å². The fourth-order valence-electron chi connectivity index (χ4n) is 2.29. The molecule has 0 N–H and O–H groups in total. The third kappa shape index (κ3) is 3.86. The highest BCUT2D eigenvalue weighted by atomic mass is 32.1. The molecule has 2 aromatic carbocycles. The van der Waals surface area contributed by atoms with E-state index in [4.69, 9.17) is 14.0 Å². The second-order valence-corrected chi connectivity index (χ2v) is 6.20. The van der Waals surface area contributed by atoms with Crippen molar-refractivity contribution >= 4 is 27.8 Å². The first-order valence-corrected chi connectivity index (χ1v) is 8.72. The third-order valence-corrected chi connectivity index (χ3v) is 4.32. The molecule has 0 radical (unpaired) electrons. The van der Waals surface area contributed by atoms with E-state index in [1.54, 1.807) is 16.8 Å². The molecule has 0 amide bonds. The molecule has 2 heterocycles. The first kappa shape index (κ1) is 16.2. The molecule has 8 heteroatoms. The Morgan fingerprint density at radius 1 is 1.19 bits per heavy atom. The Bertz CT molecular complexity index is 986. The van der Waals surface area contributed by atoms with Gasteiger partial charge >= 0.3 is 0 Å². The van der Waals surface area contributed by atoms with Gasteiger partial charge in [-0.3, -0.25) is 0 Å². The van der Waals surface area contributed by atoms with Gasteiger partial charge < -0.3 is 14.0 Å². The molecule has 7 nitrogen and oxygen atoms in total. The zero-order chi connectivity index (χ0) is 17.6. The van der Waals surface area contributed by atoms with Gasteiger partial charge in [0.25, 0.3) is 5.89 Å². The smallest absolute Gasteiger partial charge is 0.262 e. The summed E-state index contributed by atoms with van der Waals surface area (Å²) in [5.74, 6) is 0.945. The summed E-state index contributed by atoms with van der Waals surface area (Å²) < 4.78 is 12.2. The molecule has 26 heavy (non-hydrogen) atoms. The van der Waals surface area contributed by atoms with E-state index in [2.05, 4.69) is 20.3 Å². The van der Waals surface area contributed by atoms with E-state index in [-0.39, 0.29) is 0 Å². The molecule has 1 atom stereocenters. The summed E-state index contributed by atoms with van der Waals surface area (Å²) in [4.78, 5) is 9.59. The first-order valence-electron chi connectivity index (χ1n) is 7.84. The van der Waals surface area contributed by atoms with Crippen molar-refractivity contribution in [2.45, 2.75) is 12.7 Å². The van der Waals surface area contributed by atoms with Gasteiger partial charge in [-0.1, -0.05) is 35.5 Å². The average Bonchev–Trinajstić information content (AvgIpc) is 3.36. The van der Waals surface area contributed by atoms with Crippen LogP contribution in [0.25, 0.3) is 10.2 Å². The number of aromatic nitrogens is 3. The maximum Gasteiger partial charge on any atom is 0.262 e. The van der Waals surface area contributed by atoms with Gasteiger partial charge in [0.15, 0.2) is 0 Å². The van der Waals surface area contributed by atoms with E-state index >= 15 is 0 Å². The lowest BCUT2D eigenvalue weighted by atomic mass is 10.2. The number of hydrogen-bond donors (Lipinski definition) is 0. The van der Waals surface area contributed by atoms with Crippen LogP contribution in [0.5, 0.6) is 5.75 Å². The van der Waals surface area contributed by atoms with Gasteiger partial charge in [0, 0.05) is 0 Å². The number of nitrogens with zero attached hydrogens (tertiary/aromatic N) is 4. The van der Waals surface area contributed by atoms with E-state index in [0.29, 0.717) is 18.2 Å². The highest BCUT2D eigenvalue weighted by Crippen LogP contribution is 2.26. The standard InChI is InChI=1S/C18H14N4O3S/c1-2-4-13(5-3-1)10-24-21-9-16(18-22-20-11-23-18)25-14-6-7-15-17(8-14)26-12-19-15/h1-9,11-12,16H,10H2. The fraction of sp³-hybridized carbons (Fsp3) is 0.111. The van der Waals surface area contributed by atoms with Crippen molar-refractivity contribution < 1.29 is 14.0 Å². The Hall–Kier alpha value is -3.26. The van der Waals surface area contributed by atoms with Crippen LogP contribution in [0, 0.1) is 0 Å². The van der Waals surface area contributed by atoms with E-state index in [0.717, 1.165) is 15.8 Å². The molecule has 4 rings (SSSR count). The molecule has 0 aliphatic heterocycles. The van der Waals surface area contributed by atoms with Crippen LogP contribution >= 0.6 is 11.3 Å². The van der Waals surface area contributed by atoms with Crippen LogP contribution < -0.4 is 4.74 Å². The number of fused-ring (bicyclic) bond motifs is 1. The fourth-order valence-corrected chi connectivity index (χ4v) is 3.00. The molecule has 130 valence electrons. The number of benzene rings is 2. The number of rotatable bonds is 7. The molecule has 0 spiro atoms. The highest BCUT2D eigenvalue weighted by Gasteiger charge is 2.17. The van der Waals surface area contributed by atoms with Gasteiger partial charge in [-0.05, 0) is 23.8 Å². The number of ether oxygens (including phenoxy) is 1. The van der Waals surface area contributed by atoms with E-state index in [1.807, 2.05) is 48.5 Å². The van der Waals surface area contributed by atoms with E-state index in [9.17, 15) is 0 Å². The Kier molecular flexibility index (Phi) is 4.83. The van der Waals surface area contributed by atoms with Crippen LogP contribution in [-0.4, -0.2) is 21.4 Å². The van der Waals surface area contributed by atoms with Gasteiger partial charge in [0.1, 0.15) is 12.4 Å². The highest BCUT2D eigenvalue weighted by molar-refractivity contribution is 7.16. The molecular formula is C18H14N4O3S. The first-order chi connectivity index (χ1) is 12.9. The quantitative estimate of drug-likeness (QED) is 0.363. The van der Waals surface area contributed by atoms with E-state index < -0.39 is 6.10 Å². The van der Waals surface area contributed by atoms with Crippen molar-refractivity contribution in [3.8, 4) is 5.75 Å². The van der Waals surface area contributed by atoms with Crippen molar-refractivity contribution in [1.29, 1.82) is 0 Å². The maximum atomic E-state index is 5.94. The SMILES string of the molecule is C(=NOCc1ccccc1)C(Oc1ccc2ncsc2c1)c1nnco1.